The van der Waals surface area contributed by atoms with Crippen molar-refractivity contribution in [3.63, 3.8) is 0 Å². The van der Waals surface area contributed by atoms with Crippen LogP contribution in [0.4, 0.5) is 0 Å². The summed E-state index contributed by atoms with van der Waals surface area (Å²) < 4.78 is 11.3. The Labute approximate surface area is 169 Å². The minimum atomic E-state index is 0.0506. The second-order valence-corrected chi connectivity index (χ2v) is 8.13. The third-order valence-corrected chi connectivity index (χ3v) is 6.15. The Bertz CT molecular complexity index is 680. The molecular weight excluding hydrogens is 352 g/mol. The summed E-state index contributed by atoms with van der Waals surface area (Å²) in [4.78, 5) is 17.4. The normalized spacial score (nSPS) is 25.5. The highest BCUT2D eigenvalue weighted by atomic mass is 16.5. The third-order valence-electron chi connectivity index (χ3n) is 6.15. The summed E-state index contributed by atoms with van der Waals surface area (Å²) in [6, 6.07) is 7.50. The van der Waals surface area contributed by atoms with E-state index in [-0.39, 0.29) is 12.5 Å². The molecule has 0 N–H and O–H groups in total. The van der Waals surface area contributed by atoms with E-state index in [0.717, 1.165) is 31.5 Å². The van der Waals surface area contributed by atoms with E-state index in [1.165, 1.54) is 19.3 Å². The molecule has 0 spiro atoms. The average molecular weight is 387 g/mol. The summed E-state index contributed by atoms with van der Waals surface area (Å²) in [7, 11) is 1.62. The van der Waals surface area contributed by atoms with Crippen molar-refractivity contribution in [1.29, 1.82) is 0 Å². The van der Waals surface area contributed by atoms with Gasteiger partial charge < -0.3 is 14.4 Å². The predicted octanol–water partition coefficient (Wildman–Crippen LogP) is 3.67. The lowest BCUT2D eigenvalue weighted by atomic mass is 10.0. The monoisotopic (exact) mass is 386 g/mol. The summed E-state index contributed by atoms with van der Waals surface area (Å²) in [5.74, 6) is 1.32. The molecule has 2 heterocycles. The van der Waals surface area contributed by atoms with Crippen LogP contribution in [0, 0.1) is 0 Å². The van der Waals surface area contributed by atoms with E-state index in [9.17, 15) is 4.79 Å². The molecule has 3 rings (SSSR count). The molecule has 3 atom stereocenters. The van der Waals surface area contributed by atoms with E-state index in [4.69, 9.17) is 9.47 Å². The van der Waals surface area contributed by atoms with Crippen LogP contribution in [0.25, 0.3) is 0 Å². The van der Waals surface area contributed by atoms with Gasteiger partial charge in [-0.15, -0.1) is 6.58 Å². The number of hydrogen-bond donors (Lipinski definition) is 0. The molecule has 1 aromatic carbocycles. The number of ether oxygens (including phenoxy) is 2. The van der Waals surface area contributed by atoms with Gasteiger partial charge >= 0.3 is 0 Å². The fourth-order valence-electron chi connectivity index (χ4n) is 4.72. The van der Waals surface area contributed by atoms with Crippen LogP contribution in [0.2, 0.25) is 0 Å². The number of carbonyl (C=O) groups excluding carboxylic acids is 1. The number of piperidine rings is 1. The molecule has 0 unspecified atom stereocenters. The van der Waals surface area contributed by atoms with E-state index in [1.54, 1.807) is 7.11 Å². The van der Waals surface area contributed by atoms with Crippen molar-refractivity contribution in [3.05, 3.63) is 36.4 Å². The van der Waals surface area contributed by atoms with Crippen LogP contribution in [0.15, 0.2) is 30.9 Å². The first-order valence-corrected chi connectivity index (χ1v) is 10.5. The van der Waals surface area contributed by atoms with Crippen molar-refractivity contribution >= 4 is 5.91 Å². The number of hydrogen-bond acceptors (Lipinski definition) is 4. The van der Waals surface area contributed by atoms with E-state index in [0.29, 0.717) is 29.6 Å². The molecule has 1 amide bonds. The Balaban J connectivity index is 1.58. The van der Waals surface area contributed by atoms with Crippen molar-refractivity contribution in [3.8, 4) is 11.5 Å². The van der Waals surface area contributed by atoms with Gasteiger partial charge in [-0.2, -0.15) is 0 Å². The maximum Gasteiger partial charge on any atom is 0.260 e. The smallest absolute Gasteiger partial charge is 0.260 e. The van der Waals surface area contributed by atoms with E-state index < -0.39 is 0 Å². The van der Waals surface area contributed by atoms with Gasteiger partial charge in [0.1, 0.15) is 0 Å². The molecule has 0 bridgehead atoms. The second kappa shape index (κ2) is 9.46. The summed E-state index contributed by atoms with van der Waals surface area (Å²) >= 11 is 0. The van der Waals surface area contributed by atoms with Crippen LogP contribution < -0.4 is 9.47 Å². The number of nitrogens with zero attached hydrogens (tertiary/aromatic N) is 2. The number of allylic oxidation sites excluding steroid dienone is 1. The van der Waals surface area contributed by atoms with E-state index in [1.807, 2.05) is 29.2 Å². The maximum absolute atomic E-state index is 12.8. The molecule has 2 aliphatic rings. The lowest BCUT2D eigenvalue weighted by Gasteiger charge is -2.41. The molecule has 2 fully saturated rings. The van der Waals surface area contributed by atoms with Crippen molar-refractivity contribution in [2.75, 3.05) is 26.8 Å². The summed E-state index contributed by atoms with van der Waals surface area (Å²) in [5, 5.41) is 0. The number of amides is 1. The molecule has 154 valence electrons. The standard InChI is InChI=1S/C23H34N2O3/c1-5-7-19-11-12-21(22(14-19)27-4)28-16-23(26)24-13-6-8-20(15-24)25-17(2)9-10-18(25)3/h5,11-12,14,17-18,20H,1,6-10,13,15-16H2,2-4H3/t17-,18+,20-/m1/s1. The number of likely N-dealkylation sites (tertiary alicyclic amines) is 2. The Morgan fingerprint density at radius 3 is 2.64 bits per heavy atom. The van der Waals surface area contributed by atoms with Gasteiger partial charge in [0.2, 0.25) is 0 Å². The second-order valence-electron chi connectivity index (χ2n) is 8.13. The Morgan fingerprint density at radius 1 is 1.21 bits per heavy atom. The van der Waals surface area contributed by atoms with Gasteiger partial charge in [0, 0.05) is 31.2 Å². The number of rotatable bonds is 7. The molecular formula is C23H34N2O3. The number of benzene rings is 1. The van der Waals surface area contributed by atoms with Crippen LogP contribution in [0.1, 0.15) is 45.1 Å². The van der Waals surface area contributed by atoms with E-state index in [2.05, 4.69) is 25.3 Å². The zero-order valence-corrected chi connectivity index (χ0v) is 17.5. The van der Waals surface area contributed by atoms with Crippen molar-refractivity contribution in [1.82, 2.24) is 9.80 Å². The zero-order chi connectivity index (χ0) is 20.1. The fourth-order valence-corrected chi connectivity index (χ4v) is 4.72. The predicted molar refractivity (Wildman–Crippen MR) is 112 cm³/mol. The first kappa shape index (κ1) is 20.7. The highest BCUT2D eigenvalue weighted by molar-refractivity contribution is 5.78. The minimum absolute atomic E-state index is 0.0506. The quantitative estimate of drug-likeness (QED) is 0.671. The van der Waals surface area contributed by atoms with Gasteiger partial charge in [-0.05, 0) is 63.6 Å². The Hall–Kier alpha value is -2.01. The van der Waals surface area contributed by atoms with Gasteiger partial charge in [-0.1, -0.05) is 12.1 Å². The van der Waals surface area contributed by atoms with Gasteiger partial charge in [-0.25, -0.2) is 0 Å². The largest absolute Gasteiger partial charge is 0.493 e. The average Bonchev–Trinajstić information content (AvgIpc) is 3.05. The highest BCUT2D eigenvalue weighted by Gasteiger charge is 2.36. The van der Waals surface area contributed by atoms with Gasteiger partial charge in [0.25, 0.3) is 5.91 Å². The van der Waals surface area contributed by atoms with E-state index >= 15 is 0 Å². The van der Waals surface area contributed by atoms with Crippen LogP contribution in [-0.2, 0) is 11.2 Å². The van der Waals surface area contributed by atoms with Crippen LogP contribution in [0.3, 0.4) is 0 Å². The van der Waals surface area contributed by atoms with Crippen molar-refractivity contribution in [2.24, 2.45) is 0 Å². The zero-order valence-electron chi connectivity index (χ0n) is 17.5. The topological polar surface area (TPSA) is 42.0 Å². The molecule has 0 saturated carbocycles. The molecule has 0 aliphatic carbocycles. The minimum Gasteiger partial charge on any atom is -0.493 e. The molecule has 0 radical (unpaired) electrons. The SMILES string of the molecule is C=CCc1ccc(OCC(=O)N2CCC[C@@H](N3[C@H](C)CC[C@@H]3C)C2)c(OC)c1. The number of carbonyl (C=O) groups is 1. The number of methoxy groups -OCH3 is 1. The lowest BCUT2D eigenvalue weighted by molar-refractivity contribution is -0.135. The van der Waals surface area contributed by atoms with Crippen LogP contribution >= 0.6 is 0 Å². The molecule has 28 heavy (non-hydrogen) atoms. The third kappa shape index (κ3) is 4.69. The molecule has 0 aromatic heterocycles. The molecule has 2 aliphatic heterocycles. The summed E-state index contributed by atoms with van der Waals surface area (Å²) in [6.45, 7) is 10.1. The molecule has 2 saturated heterocycles. The van der Waals surface area contributed by atoms with Gasteiger partial charge in [-0.3, -0.25) is 9.69 Å². The fraction of sp³-hybridized carbons (Fsp3) is 0.609. The molecule has 1 aromatic rings. The lowest BCUT2D eigenvalue weighted by Crippen LogP contribution is -2.53. The Morgan fingerprint density at radius 2 is 1.96 bits per heavy atom. The maximum atomic E-state index is 12.8. The Kier molecular flexibility index (Phi) is 7.00. The first-order chi connectivity index (χ1) is 13.5. The van der Waals surface area contributed by atoms with Gasteiger partial charge in [0.05, 0.1) is 7.11 Å². The molecule has 5 heteroatoms. The summed E-state index contributed by atoms with van der Waals surface area (Å²) in [5.41, 5.74) is 1.11. The molecule has 5 nitrogen and oxygen atoms in total. The van der Waals surface area contributed by atoms with Gasteiger partial charge in [0.15, 0.2) is 18.1 Å². The van der Waals surface area contributed by atoms with Crippen LogP contribution in [-0.4, -0.2) is 60.6 Å². The van der Waals surface area contributed by atoms with Crippen LogP contribution in [0.5, 0.6) is 11.5 Å². The highest BCUT2D eigenvalue weighted by Crippen LogP contribution is 2.31. The van der Waals surface area contributed by atoms with Crippen molar-refractivity contribution in [2.45, 2.75) is 64.1 Å². The van der Waals surface area contributed by atoms with Crippen molar-refractivity contribution < 1.29 is 14.3 Å². The first-order valence-electron chi connectivity index (χ1n) is 10.5. The summed E-state index contributed by atoms with van der Waals surface area (Å²) in [6.07, 6.45) is 7.39.